The predicted octanol–water partition coefficient (Wildman–Crippen LogP) is 0.397. The summed E-state index contributed by atoms with van der Waals surface area (Å²) in [6.45, 7) is -0.265. The lowest BCUT2D eigenvalue weighted by atomic mass is 10.1. The van der Waals surface area contributed by atoms with E-state index in [4.69, 9.17) is 5.73 Å². The number of H-pyrrole nitrogens is 1. The molecule has 0 fully saturated rings. The van der Waals surface area contributed by atoms with Crippen LogP contribution in [-0.4, -0.2) is 39.5 Å². The molecule has 2 rings (SSSR count). The topological polar surface area (TPSA) is 112 Å². The summed E-state index contributed by atoms with van der Waals surface area (Å²) in [5, 5.41) is 9.48. The van der Waals surface area contributed by atoms with Crippen LogP contribution in [0.15, 0.2) is 42.9 Å². The minimum atomic E-state index is -1.11. The lowest BCUT2D eigenvalue weighted by Crippen LogP contribution is -2.49. The van der Waals surface area contributed by atoms with Crippen molar-refractivity contribution in [2.45, 2.75) is 12.5 Å². The standard InChI is InChI=1S/C14H16N4O3/c15-7-13(19)18(11-4-2-1-3-5-11)12(14(20)21)6-10-8-16-9-17-10/h1-5,8-9,12H,6-7,15H2,(H,16,17)(H,20,21)/t12-/m1/s1. The maximum atomic E-state index is 12.1. The van der Waals surface area contributed by atoms with E-state index in [9.17, 15) is 14.7 Å². The second kappa shape index (κ2) is 6.67. The van der Waals surface area contributed by atoms with Gasteiger partial charge in [0.2, 0.25) is 5.91 Å². The molecule has 0 bridgehead atoms. The smallest absolute Gasteiger partial charge is 0.327 e. The molecular formula is C14H16N4O3. The predicted molar refractivity (Wildman–Crippen MR) is 76.7 cm³/mol. The maximum absolute atomic E-state index is 12.1. The Morgan fingerprint density at radius 3 is 2.57 bits per heavy atom. The third-order valence-electron chi connectivity index (χ3n) is 3.03. The van der Waals surface area contributed by atoms with Gasteiger partial charge < -0.3 is 15.8 Å². The van der Waals surface area contributed by atoms with Gasteiger partial charge in [0, 0.05) is 18.3 Å². The molecule has 0 aliphatic rings. The molecule has 1 heterocycles. The number of aliphatic carboxylic acids is 1. The Labute approximate surface area is 121 Å². The first kappa shape index (κ1) is 14.7. The van der Waals surface area contributed by atoms with E-state index in [1.165, 1.54) is 11.2 Å². The van der Waals surface area contributed by atoms with Crippen molar-refractivity contribution in [3.05, 3.63) is 48.5 Å². The minimum Gasteiger partial charge on any atom is -0.480 e. The zero-order chi connectivity index (χ0) is 15.2. The number of anilines is 1. The van der Waals surface area contributed by atoms with E-state index in [1.54, 1.807) is 36.5 Å². The molecule has 7 heteroatoms. The largest absolute Gasteiger partial charge is 0.480 e. The molecule has 21 heavy (non-hydrogen) atoms. The summed E-state index contributed by atoms with van der Waals surface area (Å²) >= 11 is 0. The van der Waals surface area contributed by atoms with Gasteiger partial charge >= 0.3 is 5.97 Å². The Morgan fingerprint density at radius 2 is 2.05 bits per heavy atom. The Morgan fingerprint density at radius 1 is 1.33 bits per heavy atom. The highest BCUT2D eigenvalue weighted by molar-refractivity contribution is 6.00. The van der Waals surface area contributed by atoms with Gasteiger partial charge in [-0.25, -0.2) is 9.78 Å². The summed E-state index contributed by atoms with van der Waals surface area (Å²) in [4.78, 5) is 31.7. The molecule has 0 saturated carbocycles. The summed E-state index contributed by atoms with van der Waals surface area (Å²) < 4.78 is 0. The number of carboxylic acids is 1. The third kappa shape index (κ3) is 3.46. The van der Waals surface area contributed by atoms with E-state index in [2.05, 4.69) is 9.97 Å². The molecule has 0 unspecified atom stereocenters. The minimum absolute atomic E-state index is 0.0967. The molecule has 1 amide bonds. The van der Waals surface area contributed by atoms with Gasteiger partial charge in [-0.2, -0.15) is 0 Å². The molecule has 0 aliphatic heterocycles. The summed E-state index contributed by atoms with van der Waals surface area (Å²) in [5.74, 6) is -1.56. The van der Waals surface area contributed by atoms with Crippen LogP contribution < -0.4 is 10.6 Å². The van der Waals surface area contributed by atoms with Gasteiger partial charge in [0.1, 0.15) is 6.04 Å². The van der Waals surface area contributed by atoms with Crippen molar-refractivity contribution in [2.24, 2.45) is 5.73 Å². The number of benzene rings is 1. The van der Waals surface area contributed by atoms with E-state index in [-0.39, 0.29) is 13.0 Å². The normalized spacial score (nSPS) is 11.9. The van der Waals surface area contributed by atoms with Crippen LogP contribution in [0.2, 0.25) is 0 Å². The van der Waals surface area contributed by atoms with E-state index in [1.807, 2.05) is 0 Å². The first-order valence-electron chi connectivity index (χ1n) is 6.41. The monoisotopic (exact) mass is 288 g/mol. The van der Waals surface area contributed by atoms with Gasteiger partial charge in [0.25, 0.3) is 0 Å². The maximum Gasteiger partial charge on any atom is 0.327 e. The van der Waals surface area contributed by atoms with Crippen LogP contribution in [0.5, 0.6) is 0 Å². The SMILES string of the molecule is NCC(=O)N(c1ccccc1)[C@H](Cc1c[nH]cn1)C(=O)O. The number of imidazole rings is 1. The van der Waals surface area contributed by atoms with Gasteiger partial charge in [0.15, 0.2) is 0 Å². The highest BCUT2D eigenvalue weighted by Crippen LogP contribution is 2.19. The number of nitrogens with two attached hydrogens (primary N) is 1. The van der Waals surface area contributed by atoms with E-state index < -0.39 is 17.9 Å². The van der Waals surface area contributed by atoms with E-state index >= 15 is 0 Å². The fourth-order valence-corrected chi connectivity index (χ4v) is 2.07. The van der Waals surface area contributed by atoms with Crippen LogP contribution in [0.4, 0.5) is 5.69 Å². The number of nitrogens with one attached hydrogen (secondary N) is 1. The van der Waals surface area contributed by atoms with Crippen LogP contribution >= 0.6 is 0 Å². The Bertz CT molecular complexity index is 598. The fraction of sp³-hybridized carbons (Fsp3) is 0.214. The average Bonchev–Trinajstić information content (AvgIpc) is 3.00. The Kier molecular flexibility index (Phi) is 4.68. The second-order valence-electron chi connectivity index (χ2n) is 4.42. The van der Waals surface area contributed by atoms with Gasteiger partial charge in [-0.1, -0.05) is 18.2 Å². The van der Waals surface area contributed by atoms with Gasteiger partial charge in [-0.05, 0) is 12.1 Å². The summed E-state index contributed by atoms with van der Waals surface area (Å²) in [7, 11) is 0. The molecule has 1 aromatic heterocycles. The van der Waals surface area contributed by atoms with E-state index in [0.717, 1.165) is 0 Å². The molecule has 2 aromatic rings. The summed E-state index contributed by atoms with van der Waals surface area (Å²) in [6.07, 6.45) is 3.16. The zero-order valence-corrected chi connectivity index (χ0v) is 11.3. The molecule has 0 aliphatic carbocycles. The van der Waals surface area contributed by atoms with Gasteiger partial charge in [-0.15, -0.1) is 0 Å². The number of rotatable bonds is 6. The molecule has 0 spiro atoms. The average molecular weight is 288 g/mol. The number of hydrogen-bond donors (Lipinski definition) is 3. The second-order valence-corrected chi connectivity index (χ2v) is 4.42. The first-order chi connectivity index (χ1) is 10.1. The molecule has 7 nitrogen and oxygen atoms in total. The van der Waals surface area contributed by atoms with Crippen molar-refractivity contribution >= 4 is 17.6 Å². The number of aromatic amines is 1. The molecule has 4 N–H and O–H groups in total. The van der Waals surface area contributed by atoms with Crippen molar-refractivity contribution in [1.29, 1.82) is 0 Å². The van der Waals surface area contributed by atoms with Crippen molar-refractivity contribution in [3.8, 4) is 0 Å². The van der Waals surface area contributed by atoms with Crippen LogP contribution in [-0.2, 0) is 16.0 Å². The van der Waals surface area contributed by atoms with Crippen molar-refractivity contribution < 1.29 is 14.7 Å². The lowest BCUT2D eigenvalue weighted by Gasteiger charge is -2.28. The Hall–Kier alpha value is -2.67. The quantitative estimate of drug-likeness (QED) is 0.712. The number of carbonyl (C=O) groups excluding carboxylic acids is 1. The molecule has 0 saturated heterocycles. The molecule has 110 valence electrons. The van der Waals surface area contributed by atoms with Gasteiger partial charge in [-0.3, -0.25) is 9.69 Å². The van der Waals surface area contributed by atoms with Gasteiger partial charge in [0.05, 0.1) is 18.6 Å². The van der Waals surface area contributed by atoms with Crippen LogP contribution in [0, 0.1) is 0 Å². The number of para-hydroxylation sites is 1. The zero-order valence-electron chi connectivity index (χ0n) is 11.3. The highest BCUT2D eigenvalue weighted by atomic mass is 16.4. The third-order valence-corrected chi connectivity index (χ3v) is 3.03. The van der Waals surface area contributed by atoms with Crippen molar-refractivity contribution in [1.82, 2.24) is 9.97 Å². The number of carboxylic acid groups (broad SMARTS) is 1. The number of carbonyl (C=O) groups is 2. The Balaban J connectivity index is 2.36. The number of amides is 1. The first-order valence-corrected chi connectivity index (χ1v) is 6.41. The number of hydrogen-bond acceptors (Lipinski definition) is 4. The highest BCUT2D eigenvalue weighted by Gasteiger charge is 2.31. The van der Waals surface area contributed by atoms with Crippen molar-refractivity contribution in [2.75, 3.05) is 11.4 Å². The van der Waals surface area contributed by atoms with E-state index in [0.29, 0.717) is 11.4 Å². The number of aromatic nitrogens is 2. The summed E-state index contributed by atoms with van der Waals surface area (Å²) in [6, 6.07) is 7.55. The van der Waals surface area contributed by atoms with Crippen LogP contribution in [0.1, 0.15) is 5.69 Å². The summed E-state index contributed by atoms with van der Waals surface area (Å²) in [5.41, 5.74) is 6.47. The molecule has 1 aromatic carbocycles. The molecule has 1 atom stereocenters. The molecular weight excluding hydrogens is 272 g/mol. The van der Waals surface area contributed by atoms with Crippen molar-refractivity contribution in [3.63, 3.8) is 0 Å². The van der Waals surface area contributed by atoms with Crippen LogP contribution in [0.3, 0.4) is 0 Å². The number of nitrogens with zero attached hydrogens (tertiary/aromatic N) is 2. The molecule has 0 radical (unpaired) electrons. The van der Waals surface area contributed by atoms with Crippen LogP contribution in [0.25, 0.3) is 0 Å². The fourth-order valence-electron chi connectivity index (χ4n) is 2.07. The lowest BCUT2D eigenvalue weighted by molar-refractivity contribution is -0.140.